The van der Waals surface area contributed by atoms with Crippen molar-refractivity contribution < 1.29 is 38.8 Å². The molecule has 1 heterocycles. The van der Waals surface area contributed by atoms with Crippen LogP contribution in [0.1, 0.15) is 18.9 Å². The van der Waals surface area contributed by atoms with Crippen molar-refractivity contribution in [3.8, 4) is 0 Å². The standard InChI is InChI=1S/C15H17FN4O2.C4H6O5/c1-2-22-15(21)19-12-7-8-13(20-14(12)17)18-9-10-3-5-11(16)6-4-10;5-2(4(8)9)1-3(6)7/h3-8H,2,9H2,1H3,(H,19,21)(H3,17,18,20);2,5H,1H2,(H,6,7)(H,8,9). The van der Waals surface area contributed by atoms with E-state index in [1.807, 2.05) is 0 Å². The zero-order chi connectivity index (χ0) is 23.4. The van der Waals surface area contributed by atoms with E-state index in [2.05, 4.69) is 15.6 Å². The number of aliphatic hydroxyl groups excluding tert-OH is 1. The van der Waals surface area contributed by atoms with Crippen LogP contribution >= 0.6 is 0 Å². The molecule has 0 saturated heterocycles. The second-order valence-corrected chi connectivity index (χ2v) is 5.91. The van der Waals surface area contributed by atoms with Crippen molar-refractivity contribution in [2.45, 2.75) is 26.0 Å². The quantitative estimate of drug-likeness (QED) is 0.356. The third kappa shape index (κ3) is 9.89. The van der Waals surface area contributed by atoms with Gasteiger partial charge in [0.15, 0.2) is 6.10 Å². The van der Waals surface area contributed by atoms with Crippen LogP contribution in [0, 0.1) is 5.82 Å². The highest BCUT2D eigenvalue weighted by molar-refractivity contribution is 5.88. The Morgan fingerprint density at radius 3 is 2.29 bits per heavy atom. The van der Waals surface area contributed by atoms with Crippen LogP contribution in [0.15, 0.2) is 36.4 Å². The SMILES string of the molecule is CCOC(=O)Nc1ccc(NCc2ccc(F)cc2)nc1N.O=C(O)CC(O)C(=O)O. The van der Waals surface area contributed by atoms with Gasteiger partial charge in [0, 0.05) is 6.54 Å². The summed E-state index contributed by atoms with van der Waals surface area (Å²) < 4.78 is 17.6. The lowest BCUT2D eigenvalue weighted by molar-refractivity contribution is -0.152. The molecule has 0 radical (unpaired) electrons. The second-order valence-electron chi connectivity index (χ2n) is 5.91. The number of nitrogens with two attached hydrogens (primary N) is 1. The van der Waals surface area contributed by atoms with E-state index in [1.165, 1.54) is 12.1 Å². The number of benzene rings is 1. The summed E-state index contributed by atoms with van der Waals surface area (Å²) in [5, 5.41) is 29.7. The van der Waals surface area contributed by atoms with Crippen molar-refractivity contribution in [3.05, 3.63) is 47.8 Å². The van der Waals surface area contributed by atoms with Gasteiger partial charge in [0.05, 0.1) is 18.7 Å². The molecule has 0 aliphatic rings. The molecule has 31 heavy (non-hydrogen) atoms. The van der Waals surface area contributed by atoms with E-state index in [9.17, 15) is 18.8 Å². The molecule has 0 fully saturated rings. The summed E-state index contributed by atoms with van der Waals surface area (Å²) >= 11 is 0. The largest absolute Gasteiger partial charge is 0.481 e. The van der Waals surface area contributed by atoms with Gasteiger partial charge in [-0.3, -0.25) is 10.1 Å². The highest BCUT2D eigenvalue weighted by atomic mass is 19.1. The Kier molecular flexibility index (Phi) is 10.2. The third-order valence-electron chi connectivity index (χ3n) is 3.48. The minimum absolute atomic E-state index is 0.178. The average molecular weight is 438 g/mol. The fourth-order valence-corrected chi connectivity index (χ4v) is 2.00. The number of carbonyl (C=O) groups is 3. The zero-order valence-electron chi connectivity index (χ0n) is 16.5. The van der Waals surface area contributed by atoms with Crippen LogP contribution in [-0.2, 0) is 20.9 Å². The van der Waals surface area contributed by atoms with Gasteiger partial charge in [-0.1, -0.05) is 12.1 Å². The fourth-order valence-electron chi connectivity index (χ4n) is 2.00. The molecule has 168 valence electrons. The predicted molar refractivity (Wildman–Crippen MR) is 109 cm³/mol. The molecule has 7 N–H and O–H groups in total. The molecule has 11 nitrogen and oxygen atoms in total. The number of carbonyl (C=O) groups excluding carboxylic acids is 1. The van der Waals surface area contributed by atoms with Gasteiger partial charge >= 0.3 is 18.0 Å². The van der Waals surface area contributed by atoms with Gasteiger partial charge in [0.2, 0.25) is 0 Å². The summed E-state index contributed by atoms with van der Waals surface area (Å²) in [7, 11) is 0. The number of ether oxygens (including phenoxy) is 1. The van der Waals surface area contributed by atoms with Gasteiger partial charge in [-0.15, -0.1) is 0 Å². The molecule has 0 aliphatic carbocycles. The van der Waals surface area contributed by atoms with Gasteiger partial charge in [0.25, 0.3) is 0 Å². The number of carboxylic acid groups (broad SMARTS) is 2. The van der Waals surface area contributed by atoms with Gasteiger partial charge < -0.3 is 31.1 Å². The molecule has 2 rings (SSSR count). The summed E-state index contributed by atoms with van der Waals surface area (Å²) in [6, 6.07) is 9.47. The van der Waals surface area contributed by atoms with Gasteiger partial charge in [-0.05, 0) is 36.8 Å². The van der Waals surface area contributed by atoms with Crippen LogP contribution in [0.3, 0.4) is 0 Å². The molecule has 1 aromatic heterocycles. The van der Waals surface area contributed by atoms with E-state index in [0.29, 0.717) is 18.1 Å². The number of nitrogens with one attached hydrogen (secondary N) is 2. The Bertz CT molecular complexity index is 893. The number of anilines is 3. The van der Waals surface area contributed by atoms with Crippen LogP contribution in [0.2, 0.25) is 0 Å². The molecule has 1 atom stereocenters. The van der Waals surface area contributed by atoms with E-state index < -0.39 is 30.6 Å². The molecule has 0 aliphatic heterocycles. The number of aliphatic hydroxyl groups is 1. The second kappa shape index (κ2) is 12.6. The van der Waals surface area contributed by atoms with Crippen molar-refractivity contribution in [2.75, 3.05) is 23.0 Å². The lowest BCUT2D eigenvalue weighted by Crippen LogP contribution is -2.22. The number of aromatic nitrogens is 1. The number of hydrogen-bond acceptors (Lipinski definition) is 8. The highest BCUT2D eigenvalue weighted by Crippen LogP contribution is 2.19. The van der Waals surface area contributed by atoms with Gasteiger partial charge in [-0.2, -0.15) is 0 Å². The van der Waals surface area contributed by atoms with Gasteiger partial charge in [-0.25, -0.2) is 19.0 Å². The van der Waals surface area contributed by atoms with Crippen molar-refractivity contribution in [3.63, 3.8) is 0 Å². The van der Waals surface area contributed by atoms with E-state index >= 15 is 0 Å². The maximum atomic E-state index is 12.8. The van der Waals surface area contributed by atoms with Crippen LogP contribution in [0.25, 0.3) is 0 Å². The number of pyridine rings is 1. The monoisotopic (exact) mass is 438 g/mol. The Labute approximate surface area is 176 Å². The van der Waals surface area contributed by atoms with Crippen molar-refractivity contribution in [2.24, 2.45) is 0 Å². The molecule has 1 unspecified atom stereocenters. The fraction of sp³-hybridized carbons (Fsp3) is 0.263. The Hall–Kier alpha value is -3.93. The minimum atomic E-state index is -1.79. The number of rotatable bonds is 8. The molecule has 1 aromatic carbocycles. The molecule has 0 saturated carbocycles. The number of halogens is 1. The summed E-state index contributed by atoms with van der Waals surface area (Å²) in [5.74, 6) is -2.39. The Morgan fingerprint density at radius 1 is 1.16 bits per heavy atom. The first-order valence-electron chi connectivity index (χ1n) is 8.93. The van der Waals surface area contributed by atoms with Crippen molar-refractivity contribution in [1.29, 1.82) is 0 Å². The number of carboxylic acids is 2. The summed E-state index contributed by atoms with van der Waals surface area (Å²) in [6.07, 6.45) is -3.12. The maximum absolute atomic E-state index is 12.8. The number of amides is 1. The average Bonchev–Trinajstić information content (AvgIpc) is 2.69. The highest BCUT2D eigenvalue weighted by Gasteiger charge is 2.16. The molecule has 12 heteroatoms. The Balaban J connectivity index is 0.000000452. The number of nitrogens with zero attached hydrogens (tertiary/aromatic N) is 1. The van der Waals surface area contributed by atoms with Crippen molar-refractivity contribution >= 4 is 35.4 Å². The van der Waals surface area contributed by atoms with Crippen molar-refractivity contribution in [1.82, 2.24) is 4.98 Å². The predicted octanol–water partition coefficient (Wildman–Crippen LogP) is 1.89. The van der Waals surface area contributed by atoms with Crippen LogP contribution in [0.5, 0.6) is 0 Å². The van der Waals surface area contributed by atoms with Crippen LogP contribution in [-0.4, -0.2) is 51.0 Å². The minimum Gasteiger partial charge on any atom is -0.481 e. The summed E-state index contributed by atoms with van der Waals surface area (Å²) in [4.78, 5) is 34.9. The molecule has 2 aromatic rings. The first-order valence-corrected chi connectivity index (χ1v) is 8.93. The summed E-state index contributed by atoms with van der Waals surface area (Å²) in [6.45, 7) is 2.47. The molecule has 0 bridgehead atoms. The normalized spacial score (nSPS) is 10.8. The molecule has 1 amide bonds. The zero-order valence-corrected chi connectivity index (χ0v) is 16.5. The van der Waals surface area contributed by atoms with Crippen LogP contribution < -0.4 is 16.4 Å². The van der Waals surface area contributed by atoms with Gasteiger partial charge in [0.1, 0.15) is 17.5 Å². The molecular formula is C19H23FN4O7. The first-order chi connectivity index (χ1) is 14.6. The van der Waals surface area contributed by atoms with Crippen LogP contribution in [0.4, 0.5) is 26.5 Å². The lowest BCUT2D eigenvalue weighted by atomic mass is 10.2. The van der Waals surface area contributed by atoms with E-state index in [1.54, 1.807) is 31.2 Å². The molecule has 0 spiro atoms. The first kappa shape index (κ1) is 25.1. The molecular weight excluding hydrogens is 415 g/mol. The number of aliphatic carboxylic acids is 2. The Morgan fingerprint density at radius 2 is 1.81 bits per heavy atom. The van der Waals surface area contributed by atoms with E-state index in [4.69, 9.17) is 25.8 Å². The topological polar surface area (TPSA) is 184 Å². The van der Waals surface area contributed by atoms with E-state index in [0.717, 1.165) is 5.56 Å². The third-order valence-corrected chi connectivity index (χ3v) is 3.48. The lowest BCUT2D eigenvalue weighted by Gasteiger charge is -2.10. The number of hydrogen-bond donors (Lipinski definition) is 6. The number of nitrogen functional groups attached to an aromatic ring is 1. The van der Waals surface area contributed by atoms with E-state index in [-0.39, 0.29) is 18.2 Å². The maximum Gasteiger partial charge on any atom is 0.411 e. The smallest absolute Gasteiger partial charge is 0.411 e. The summed E-state index contributed by atoms with van der Waals surface area (Å²) in [5.41, 5.74) is 7.08.